The van der Waals surface area contributed by atoms with E-state index in [1.807, 2.05) is 37.8 Å². The lowest BCUT2D eigenvalue weighted by Crippen LogP contribution is -2.16. The van der Waals surface area contributed by atoms with E-state index in [1.54, 1.807) is 6.20 Å². The van der Waals surface area contributed by atoms with Gasteiger partial charge in [-0.25, -0.2) is 4.98 Å². The Labute approximate surface area is 123 Å². The van der Waals surface area contributed by atoms with Gasteiger partial charge in [-0.15, -0.1) is 0 Å². The van der Waals surface area contributed by atoms with E-state index in [4.69, 9.17) is 4.42 Å². The number of nitrogens with one attached hydrogen (secondary N) is 2. The SMILES string of the molecule is Cc1ccc(-c2[nH]ncc2CNCCCn2ccnc2)o1. The molecule has 0 bridgehead atoms. The van der Waals surface area contributed by atoms with Crippen LogP contribution in [0.2, 0.25) is 0 Å². The standard InChI is InChI=1S/C15H19N5O/c1-12-3-4-14(21-12)15-13(10-18-19-15)9-16-5-2-7-20-8-6-17-11-20/h3-4,6,8,10-11,16H,2,5,7,9H2,1H3,(H,18,19). The van der Waals surface area contributed by atoms with E-state index in [9.17, 15) is 0 Å². The molecule has 110 valence electrons. The van der Waals surface area contributed by atoms with Crippen LogP contribution in [0, 0.1) is 6.92 Å². The van der Waals surface area contributed by atoms with E-state index >= 15 is 0 Å². The Kier molecular flexibility index (Phi) is 4.16. The molecule has 3 aromatic rings. The molecule has 21 heavy (non-hydrogen) atoms. The Balaban J connectivity index is 1.49. The molecule has 0 saturated carbocycles. The number of H-pyrrole nitrogens is 1. The Morgan fingerprint density at radius 1 is 1.38 bits per heavy atom. The molecule has 3 heterocycles. The van der Waals surface area contributed by atoms with Crippen LogP contribution < -0.4 is 5.32 Å². The van der Waals surface area contributed by atoms with E-state index < -0.39 is 0 Å². The second-order valence-corrected chi connectivity index (χ2v) is 5.01. The van der Waals surface area contributed by atoms with Crippen molar-refractivity contribution >= 4 is 0 Å². The number of aryl methyl sites for hydroxylation is 2. The molecule has 0 saturated heterocycles. The van der Waals surface area contributed by atoms with Crippen LogP contribution in [-0.2, 0) is 13.1 Å². The summed E-state index contributed by atoms with van der Waals surface area (Å²) in [5.41, 5.74) is 2.07. The monoisotopic (exact) mass is 285 g/mol. The zero-order valence-electron chi connectivity index (χ0n) is 12.0. The summed E-state index contributed by atoms with van der Waals surface area (Å²) >= 11 is 0. The summed E-state index contributed by atoms with van der Waals surface area (Å²) in [6, 6.07) is 3.92. The Morgan fingerprint density at radius 3 is 3.10 bits per heavy atom. The lowest BCUT2D eigenvalue weighted by molar-refractivity contribution is 0.544. The Hall–Kier alpha value is -2.34. The number of nitrogens with zero attached hydrogens (tertiary/aromatic N) is 3. The fraction of sp³-hybridized carbons (Fsp3) is 0.333. The van der Waals surface area contributed by atoms with Gasteiger partial charge in [-0.2, -0.15) is 5.10 Å². The fourth-order valence-corrected chi connectivity index (χ4v) is 2.26. The van der Waals surface area contributed by atoms with Crippen molar-refractivity contribution in [1.82, 2.24) is 25.1 Å². The van der Waals surface area contributed by atoms with Crippen molar-refractivity contribution in [2.75, 3.05) is 6.54 Å². The van der Waals surface area contributed by atoms with Crippen LogP contribution in [0.3, 0.4) is 0 Å². The summed E-state index contributed by atoms with van der Waals surface area (Å²) in [4.78, 5) is 4.03. The molecule has 0 atom stereocenters. The first-order valence-electron chi connectivity index (χ1n) is 7.08. The van der Waals surface area contributed by atoms with E-state index in [-0.39, 0.29) is 0 Å². The molecular formula is C15H19N5O. The van der Waals surface area contributed by atoms with E-state index in [0.717, 1.165) is 48.8 Å². The van der Waals surface area contributed by atoms with Crippen molar-refractivity contribution in [2.45, 2.75) is 26.4 Å². The summed E-state index contributed by atoms with van der Waals surface area (Å²) in [7, 11) is 0. The average Bonchev–Trinajstić information content (AvgIpc) is 3.19. The van der Waals surface area contributed by atoms with Gasteiger partial charge in [0.15, 0.2) is 5.76 Å². The number of hydrogen-bond acceptors (Lipinski definition) is 4. The quantitative estimate of drug-likeness (QED) is 0.654. The number of furan rings is 1. The average molecular weight is 285 g/mol. The van der Waals surface area contributed by atoms with Gasteiger partial charge >= 0.3 is 0 Å². The predicted molar refractivity (Wildman–Crippen MR) is 79.6 cm³/mol. The second kappa shape index (κ2) is 6.41. The maximum Gasteiger partial charge on any atom is 0.152 e. The van der Waals surface area contributed by atoms with Crippen molar-refractivity contribution in [3.05, 3.63) is 48.4 Å². The lowest BCUT2D eigenvalue weighted by Gasteiger charge is -2.05. The van der Waals surface area contributed by atoms with Gasteiger partial charge in [-0.3, -0.25) is 5.10 Å². The highest BCUT2D eigenvalue weighted by molar-refractivity contribution is 5.56. The van der Waals surface area contributed by atoms with Gasteiger partial charge in [0.2, 0.25) is 0 Å². The van der Waals surface area contributed by atoms with Crippen LogP contribution in [0.25, 0.3) is 11.5 Å². The van der Waals surface area contributed by atoms with Gasteiger partial charge in [0.25, 0.3) is 0 Å². The van der Waals surface area contributed by atoms with Gasteiger partial charge in [0.1, 0.15) is 11.5 Å². The maximum absolute atomic E-state index is 5.64. The first-order chi connectivity index (χ1) is 10.3. The Bertz CT molecular complexity index is 668. The van der Waals surface area contributed by atoms with E-state index in [0.29, 0.717) is 0 Å². The zero-order valence-corrected chi connectivity index (χ0v) is 12.0. The van der Waals surface area contributed by atoms with Gasteiger partial charge in [0.05, 0.1) is 12.5 Å². The molecule has 3 rings (SSSR count). The summed E-state index contributed by atoms with van der Waals surface area (Å²) in [6.45, 7) is 4.63. The van der Waals surface area contributed by atoms with Gasteiger partial charge in [-0.1, -0.05) is 0 Å². The first kappa shape index (κ1) is 13.6. The summed E-state index contributed by atoms with van der Waals surface area (Å²) in [5, 5.41) is 10.5. The van der Waals surface area contributed by atoms with Gasteiger partial charge in [0, 0.05) is 31.0 Å². The van der Waals surface area contributed by atoms with Crippen molar-refractivity contribution in [1.29, 1.82) is 0 Å². The minimum Gasteiger partial charge on any atom is -0.460 e. The minimum absolute atomic E-state index is 0.773. The van der Waals surface area contributed by atoms with E-state index in [2.05, 4.69) is 25.1 Å². The number of rotatable bonds is 7. The van der Waals surface area contributed by atoms with Gasteiger partial charge < -0.3 is 14.3 Å². The highest BCUT2D eigenvalue weighted by atomic mass is 16.3. The molecule has 3 aromatic heterocycles. The van der Waals surface area contributed by atoms with Crippen LogP contribution >= 0.6 is 0 Å². The van der Waals surface area contributed by atoms with Crippen LogP contribution in [0.4, 0.5) is 0 Å². The summed E-state index contributed by atoms with van der Waals surface area (Å²) < 4.78 is 7.72. The minimum atomic E-state index is 0.773. The molecule has 0 fully saturated rings. The van der Waals surface area contributed by atoms with Crippen LogP contribution in [0.1, 0.15) is 17.7 Å². The molecule has 0 radical (unpaired) electrons. The molecule has 0 aliphatic carbocycles. The number of aromatic nitrogens is 4. The van der Waals surface area contributed by atoms with Crippen LogP contribution in [-0.4, -0.2) is 26.3 Å². The van der Waals surface area contributed by atoms with Crippen molar-refractivity contribution in [3.8, 4) is 11.5 Å². The molecular weight excluding hydrogens is 266 g/mol. The molecule has 0 aromatic carbocycles. The third-order valence-electron chi connectivity index (χ3n) is 3.35. The molecule has 0 aliphatic heterocycles. The molecule has 0 aliphatic rings. The van der Waals surface area contributed by atoms with Gasteiger partial charge in [-0.05, 0) is 32.0 Å². The summed E-state index contributed by atoms with van der Waals surface area (Å²) in [5.74, 6) is 1.74. The highest BCUT2D eigenvalue weighted by Gasteiger charge is 2.10. The molecule has 2 N–H and O–H groups in total. The maximum atomic E-state index is 5.64. The van der Waals surface area contributed by atoms with Crippen LogP contribution in [0.5, 0.6) is 0 Å². The third-order valence-corrected chi connectivity index (χ3v) is 3.35. The van der Waals surface area contributed by atoms with Crippen molar-refractivity contribution < 1.29 is 4.42 Å². The predicted octanol–water partition coefficient (Wildman–Crippen LogP) is 2.35. The second-order valence-electron chi connectivity index (χ2n) is 5.01. The summed E-state index contributed by atoms with van der Waals surface area (Å²) in [6.07, 6.45) is 8.52. The molecule has 6 nitrogen and oxygen atoms in total. The smallest absolute Gasteiger partial charge is 0.152 e. The number of aromatic amines is 1. The van der Waals surface area contributed by atoms with Crippen LogP contribution in [0.15, 0.2) is 41.5 Å². The zero-order chi connectivity index (χ0) is 14.5. The molecule has 0 unspecified atom stereocenters. The number of hydrogen-bond donors (Lipinski definition) is 2. The fourth-order valence-electron chi connectivity index (χ4n) is 2.26. The largest absolute Gasteiger partial charge is 0.460 e. The highest BCUT2D eigenvalue weighted by Crippen LogP contribution is 2.23. The normalized spacial score (nSPS) is 11.1. The molecule has 0 amide bonds. The number of imidazole rings is 1. The Morgan fingerprint density at radius 2 is 2.33 bits per heavy atom. The topological polar surface area (TPSA) is 71.7 Å². The van der Waals surface area contributed by atoms with E-state index in [1.165, 1.54) is 0 Å². The first-order valence-corrected chi connectivity index (χ1v) is 7.08. The molecule has 6 heteroatoms. The van der Waals surface area contributed by atoms with Crippen molar-refractivity contribution in [3.63, 3.8) is 0 Å². The third kappa shape index (κ3) is 3.41. The lowest BCUT2D eigenvalue weighted by atomic mass is 10.2. The molecule has 0 spiro atoms. The van der Waals surface area contributed by atoms with Crippen molar-refractivity contribution in [2.24, 2.45) is 0 Å².